The lowest BCUT2D eigenvalue weighted by atomic mass is 10.2. The fourth-order valence-corrected chi connectivity index (χ4v) is 2.79. The molecule has 1 aliphatic heterocycles. The predicted molar refractivity (Wildman–Crippen MR) is 102 cm³/mol. The van der Waals surface area contributed by atoms with Crippen LogP contribution < -0.4 is 20.5 Å². The van der Waals surface area contributed by atoms with Gasteiger partial charge >= 0.3 is 0 Å². The molecule has 0 radical (unpaired) electrons. The van der Waals surface area contributed by atoms with E-state index in [9.17, 15) is 24.5 Å². The fourth-order valence-electron chi connectivity index (χ4n) is 2.79. The van der Waals surface area contributed by atoms with Gasteiger partial charge in [0.2, 0.25) is 5.91 Å². The predicted octanol–water partition coefficient (Wildman–Crippen LogP) is 1.56. The molecule has 0 saturated carbocycles. The maximum atomic E-state index is 12.0. The molecule has 0 spiro atoms. The van der Waals surface area contributed by atoms with Crippen molar-refractivity contribution in [1.29, 1.82) is 0 Å². The number of hydrazine groups is 1. The molecule has 2 N–H and O–H groups in total. The highest BCUT2D eigenvalue weighted by molar-refractivity contribution is 5.96. The number of anilines is 1. The lowest BCUT2D eigenvalue weighted by Crippen LogP contribution is -2.43. The number of amides is 3. The van der Waals surface area contributed by atoms with E-state index in [1.54, 1.807) is 29.2 Å². The molecule has 2 aromatic rings. The second-order valence-electron chi connectivity index (χ2n) is 6.24. The Labute approximate surface area is 165 Å². The number of nitrogens with one attached hydrogen (secondary N) is 2. The number of hydrogen-bond acceptors (Lipinski definition) is 6. The van der Waals surface area contributed by atoms with Crippen molar-refractivity contribution in [3.05, 3.63) is 64.2 Å². The van der Waals surface area contributed by atoms with Gasteiger partial charge in [0.1, 0.15) is 5.75 Å². The van der Waals surface area contributed by atoms with Crippen LogP contribution in [0.5, 0.6) is 5.75 Å². The third-order valence-electron chi connectivity index (χ3n) is 4.23. The van der Waals surface area contributed by atoms with Crippen molar-refractivity contribution in [1.82, 2.24) is 10.9 Å². The maximum Gasteiger partial charge on any atom is 0.276 e. The zero-order chi connectivity index (χ0) is 20.8. The van der Waals surface area contributed by atoms with Gasteiger partial charge in [-0.05, 0) is 36.8 Å². The number of nitro benzene ring substituents is 1. The molecule has 0 atom stereocenters. The Morgan fingerprint density at radius 3 is 2.55 bits per heavy atom. The van der Waals surface area contributed by atoms with Gasteiger partial charge in [-0.15, -0.1) is 0 Å². The molecule has 0 aromatic heterocycles. The number of hydrogen-bond donors (Lipinski definition) is 2. The third-order valence-corrected chi connectivity index (χ3v) is 4.23. The summed E-state index contributed by atoms with van der Waals surface area (Å²) >= 11 is 0. The summed E-state index contributed by atoms with van der Waals surface area (Å²) in [5.41, 5.74) is 4.92. The highest BCUT2D eigenvalue weighted by atomic mass is 16.6. The van der Waals surface area contributed by atoms with E-state index in [0.29, 0.717) is 18.7 Å². The topological polar surface area (TPSA) is 131 Å². The minimum Gasteiger partial charge on any atom is -0.484 e. The molecule has 0 unspecified atom stereocenters. The summed E-state index contributed by atoms with van der Waals surface area (Å²) in [5.74, 6) is -0.789. The quantitative estimate of drug-likeness (QED) is 0.561. The van der Waals surface area contributed by atoms with Crippen LogP contribution in [-0.4, -0.2) is 35.8 Å². The van der Waals surface area contributed by atoms with Gasteiger partial charge in [-0.25, -0.2) is 0 Å². The van der Waals surface area contributed by atoms with E-state index in [4.69, 9.17) is 4.74 Å². The molecule has 150 valence electrons. The number of carbonyl (C=O) groups is 3. The summed E-state index contributed by atoms with van der Waals surface area (Å²) in [6, 6.07) is 11.9. The third kappa shape index (κ3) is 5.06. The van der Waals surface area contributed by atoms with E-state index in [1.165, 1.54) is 18.2 Å². The normalized spacial score (nSPS) is 13.1. The molecule has 10 heteroatoms. The Hall–Kier alpha value is -3.95. The van der Waals surface area contributed by atoms with Crippen molar-refractivity contribution in [2.75, 3.05) is 18.1 Å². The van der Waals surface area contributed by atoms with Gasteiger partial charge in [0, 0.05) is 36.3 Å². The zero-order valence-corrected chi connectivity index (χ0v) is 15.3. The second kappa shape index (κ2) is 8.83. The van der Waals surface area contributed by atoms with Crippen molar-refractivity contribution in [2.24, 2.45) is 0 Å². The van der Waals surface area contributed by atoms with E-state index in [-0.39, 0.29) is 23.8 Å². The summed E-state index contributed by atoms with van der Waals surface area (Å²) in [7, 11) is 0. The highest BCUT2D eigenvalue weighted by Crippen LogP contribution is 2.23. The first-order valence-corrected chi connectivity index (χ1v) is 8.81. The standard InChI is InChI=1S/C19H18N4O6/c24-17(20-21-19(26)13-3-1-4-15(11-13)23(27)28)12-29-16-8-6-14(7-9-16)22-10-2-5-18(22)25/h1,3-4,6-9,11H,2,5,10,12H2,(H,20,24)(H,21,26). The van der Waals surface area contributed by atoms with Gasteiger partial charge in [0.25, 0.3) is 17.5 Å². The van der Waals surface area contributed by atoms with E-state index >= 15 is 0 Å². The number of non-ortho nitro benzene ring substituents is 1. The lowest BCUT2D eigenvalue weighted by Gasteiger charge is -2.16. The zero-order valence-electron chi connectivity index (χ0n) is 15.3. The van der Waals surface area contributed by atoms with Crippen molar-refractivity contribution >= 4 is 29.1 Å². The molecule has 29 heavy (non-hydrogen) atoms. The molecule has 0 aliphatic carbocycles. The summed E-state index contributed by atoms with van der Waals surface area (Å²) in [6.07, 6.45) is 1.37. The molecule has 3 amide bonds. The highest BCUT2D eigenvalue weighted by Gasteiger charge is 2.21. The van der Waals surface area contributed by atoms with Crippen molar-refractivity contribution in [2.45, 2.75) is 12.8 Å². The molecule has 1 saturated heterocycles. The Kier molecular flexibility index (Phi) is 6.03. The van der Waals surface area contributed by atoms with Crippen LogP contribution in [0, 0.1) is 10.1 Å². The summed E-state index contributed by atoms with van der Waals surface area (Å²) in [4.78, 5) is 47.4. The number of nitro groups is 1. The van der Waals surface area contributed by atoms with Gasteiger partial charge in [-0.3, -0.25) is 35.3 Å². The first kappa shape index (κ1) is 19.8. The van der Waals surface area contributed by atoms with E-state index < -0.39 is 16.7 Å². The molecule has 1 aliphatic rings. The Morgan fingerprint density at radius 1 is 1.14 bits per heavy atom. The van der Waals surface area contributed by atoms with Crippen LogP contribution in [-0.2, 0) is 9.59 Å². The van der Waals surface area contributed by atoms with Gasteiger partial charge in [-0.2, -0.15) is 0 Å². The summed E-state index contributed by atoms with van der Waals surface area (Å²) in [5, 5.41) is 10.7. The first-order chi connectivity index (χ1) is 13.9. The van der Waals surface area contributed by atoms with Crippen LogP contribution in [0.4, 0.5) is 11.4 Å². The van der Waals surface area contributed by atoms with Crippen LogP contribution in [0.3, 0.4) is 0 Å². The first-order valence-electron chi connectivity index (χ1n) is 8.81. The van der Waals surface area contributed by atoms with E-state index in [2.05, 4.69) is 10.9 Å². The van der Waals surface area contributed by atoms with Crippen LogP contribution in [0.2, 0.25) is 0 Å². The second-order valence-corrected chi connectivity index (χ2v) is 6.24. The monoisotopic (exact) mass is 398 g/mol. The molecule has 2 aromatic carbocycles. The maximum absolute atomic E-state index is 12.0. The summed E-state index contributed by atoms with van der Waals surface area (Å²) in [6.45, 7) is 0.336. The number of nitrogens with zero attached hydrogens (tertiary/aromatic N) is 2. The molecule has 10 nitrogen and oxygen atoms in total. The molecule has 1 fully saturated rings. The molecule has 3 rings (SSSR count). The molecule has 1 heterocycles. The van der Waals surface area contributed by atoms with Crippen molar-refractivity contribution in [3.8, 4) is 5.75 Å². The molecule has 0 bridgehead atoms. The smallest absolute Gasteiger partial charge is 0.276 e. The van der Waals surface area contributed by atoms with Gasteiger partial charge in [-0.1, -0.05) is 6.07 Å². The van der Waals surface area contributed by atoms with Crippen LogP contribution in [0.1, 0.15) is 23.2 Å². The average Bonchev–Trinajstić information content (AvgIpc) is 3.16. The van der Waals surface area contributed by atoms with Gasteiger partial charge in [0.05, 0.1) is 4.92 Å². The lowest BCUT2D eigenvalue weighted by molar-refractivity contribution is -0.384. The van der Waals surface area contributed by atoms with Crippen molar-refractivity contribution < 1.29 is 24.0 Å². The average molecular weight is 398 g/mol. The van der Waals surface area contributed by atoms with E-state index in [1.807, 2.05) is 0 Å². The Balaban J connectivity index is 1.46. The minimum atomic E-state index is -0.693. The largest absolute Gasteiger partial charge is 0.484 e. The Morgan fingerprint density at radius 2 is 1.90 bits per heavy atom. The van der Waals surface area contributed by atoms with Gasteiger partial charge in [0.15, 0.2) is 6.61 Å². The number of benzene rings is 2. The van der Waals surface area contributed by atoms with Crippen LogP contribution >= 0.6 is 0 Å². The molecular formula is C19H18N4O6. The minimum absolute atomic E-state index is 0.0347. The van der Waals surface area contributed by atoms with Crippen LogP contribution in [0.15, 0.2) is 48.5 Å². The van der Waals surface area contributed by atoms with Crippen molar-refractivity contribution in [3.63, 3.8) is 0 Å². The van der Waals surface area contributed by atoms with Crippen LogP contribution in [0.25, 0.3) is 0 Å². The SMILES string of the molecule is O=C(COc1ccc(N2CCCC2=O)cc1)NNC(=O)c1cccc([N+](=O)[O-])c1. The van der Waals surface area contributed by atoms with E-state index in [0.717, 1.165) is 18.2 Å². The number of ether oxygens (including phenoxy) is 1. The fraction of sp³-hybridized carbons (Fsp3) is 0.211. The van der Waals surface area contributed by atoms with Gasteiger partial charge < -0.3 is 9.64 Å². The number of rotatable bonds is 6. The summed E-state index contributed by atoms with van der Waals surface area (Å²) < 4.78 is 5.34. The number of carbonyl (C=O) groups excluding carboxylic acids is 3. The molecular weight excluding hydrogens is 380 g/mol. The Bertz CT molecular complexity index is 944.